The maximum Gasteiger partial charge on any atom is 0.269 e. The number of pyridine rings is 1. The summed E-state index contributed by atoms with van der Waals surface area (Å²) in [6.07, 6.45) is 3.24. The van der Waals surface area contributed by atoms with Crippen LogP contribution in [0.1, 0.15) is 31.2 Å². The highest BCUT2D eigenvalue weighted by Gasteiger charge is 2.12. The molecule has 4 rings (SSSR count). The standard InChI is InChI=1S/C23H19N5O4/c1-24-23(31)20-13-18(8-10-26-20)32-17-4-2-3-15(11-17)21(29)27-28-22(30)16-6-5-14-7-9-25-19(14)12-16/h2-13,25H,1H3,(H,24,31)(H,27,29)(H,28,30). The zero-order chi connectivity index (χ0) is 22.5. The van der Waals surface area contributed by atoms with Crippen molar-refractivity contribution in [3.8, 4) is 11.5 Å². The summed E-state index contributed by atoms with van der Waals surface area (Å²) in [4.78, 5) is 43.6. The second-order valence-electron chi connectivity index (χ2n) is 6.77. The molecule has 2 aromatic carbocycles. The number of hydrogen-bond donors (Lipinski definition) is 4. The van der Waals surface area contributed by atoms with Gasteiger partial charge in [-0.25, -0.2) is 0 Å². The van der Waals surface area contributed by atoms with Crippen molar-refractivity contribution in [1.82, 2.24) is 26.1 Å². The lowest BCUT2D eigenvalue weighted by Crippen LogP contribution is -2.41. The predicted molar refractivity (Wildman–Crippen MR) is 117 cm³/mol. The molecule has 0 aliphatic rings. The molecule has 0 fully saturated rings. The Kier molecular flexibility index (Phi) is 5.80. The molecule has 0 bridgehead atoms. The fourth-order valence-corrected chi connectivity index (χ4v) is 3.01. The lowest BCUT2D eigenvalue weighted by Gasteiger charge is -2.10. The fourth-order valence-electron chi connectivity index (χ4n) is 3.01. The number of benzene rings is 2. The molecule has 0 aliphatic heterocycles. The second-order valence-corrected chi connectivity index (χ2v) is 6.77. The zero-order valence-electron chi connectivity index (χ0n) is 17.0. The van der Waals surface area contributed by atoms with Crippen LogP contribution in [-0.4, -0.2) is 34.7 Å². The van der Waals surface area contributed by atoms with E-state index in [9.17, 15) is 14.4 Å². The van der Waals surface area contributed by atoms with Crippen molar-refractivity contribution in [1.29, 1.82) is 0 Å². The first-order valence-corrected chi connectivity index (χ1v) is 9.67. The minimum Gasteiger partial charge on any atom is -0.457 e. The summed E-state index contributed by atoms with van der Waals surface area (Å²) < 4.78 is 5.74. The monoisotopic (exact) mass is 429 g/mol. The number of nitrogens with zero attached hydrogens (tertiary/aromatic N) is 1. The number of ether oxygens (including phenoxy) is 1. The molecule has 9 heteroatoms. The van der Waals surface area contributed by atoms with Crippen LogP contribution < -0.4 is 20.9 Å². The van der Waals surface area contributed by atoms with Gasteiger partial charge in [-0.15, -0.1) is 0 Å². The minimum absolute atomic E-state index is 0.208. The van der Waals surface area contributed by atoms with E-state index in [1.807, 2.05) is 12.1 Å². The predicted octanol–water partition coefficient (Wildman–Crippen LogP) is 2.79. The number of hydrogen-bond acceptors (Lipinski definition) is 5. The fraction of sp³-hybridized carbons (Fsp3) is 0.0435. The Bertz CT molecular complexity index is 1310. The first-order valence-electron chi connectivity index (χ1n) is 9.67. The van der Waals surface area contributed by atoms with E-state index >= 15 is 0 Å². The van der Waals surface area contributed by atoms with E-state index in [4.69, 9.17) is 4.74 Å². The number of fused-ring (bicyclic) bond motifs is 1. The van der Waals surface area contributed by atoms with Crippen molar-refractivity contribution in [3.63, 3.8) is 0 Å². The first kappa shape index (κ1) is 20.6. The molecule has 2 heterocycles. The van der Waals surface area contributed by atoms with Crippen LogP contribution in [0, 0.1) is 0 Å². The van der Waals surface area contributed by atoms with Crippen LogP contribution in [0.3, 0.4) is 0 Å². The molecule has 160 valence electrons. The van der Waals surface area contributed by atoms with Gasteiger partial charge in [-0.05, 0) is 47.9 Å². The Morgan fingerprint density at radius 2 is 1.59 bits per heavy atom. The van der Waals surface area contributed by atoms with E-state index in [-0.39, 0.29) is 17.2 Å². The molecular weight excluding hydrogens is 410 g/mol. The van der Waals surface area contributed by atoms with Crippen molar-refractivity contribution >= 4 is 28.6 Å². The average Bonchev–Trinajstić information content (AvgIpc) is 3.30. The Balaban J connectivity index is 1.40. The van der Waals surface area contributed by atoms with E-state index < -0.39 is 11.8 Å². The molecule has 0 unspecified atom stereocenters. The van der Waals surface area contributed by atoms with Crippen molar-refractivity contribution in [2.45, 2.75) is 0 Å². The summed E-state index contributed by atoms with van der Waals surface area (Å²) in [6.45, 7) is 0. The minimum atomic E-state index is -0.509. The SMILES string of the molecule is CNC(=O)c1cc(Oc2cccc(C(=O)NNC(=O)c3ccc4cc[nH]c4c3)c2)ccn1. The van der Waals surface area contributed by atoms with Gasteiger partial charge in [0.25, 0.3) is 17.7 Å². The van der Waals surface area contributed by atoms with Gasteiger partial charge in [0.2, 0.25) is 0 Å². The number of hydrazine groups is 1. The first-order chi connectivity index (χ1) is 15.5. The Hall–Kier alpha value is -4.66. The van der Waals surface area contributed by atoms with Gasteiger partial charge in [0.05, 0.1) is 0 Å². The third-order valence-electron chi connectivity index (χ3n) is 4.63. The third kappa shape index (κ3) is 4.57. The number of aromatic amines is 1. The molecule has 3 amide bonds. The number of aromatic nitrogens is 2. The van der Waals surface area contributed by atoms with Crippen LogP contribution in [0.4, 0.5) is 0 Å². The summed E-state index contributed by atoms with van der Waals surface area (Å²) in [5.74, 6) is -0.513. The summed E-state index contributed by atoms with van der Waals surface area (Å²) in [5, 5.41) is 3.48. The normalized spacial score (nSPS) is 10.4. The van der Waals surface area contributed by atoms with Crippen LogP contribution in [0.25, 0.3) is 10.9 Å². The maximum atomic E-state index is 12.5. The van der Waals surface area contributed by atoms with Crippen molar-refractivity contribution in [3.05, 3.63) is 89.9 Å². The van der Waals surface area contributed by atoms with Gasteiger partial charge in [0.1, 0.15) is 17.2 Å². The van der Waals surface area contributed by atoms with Crippen LogP contribution >= 0.6 is 0 Å². The molecule has 0 atom stereocenters. The number of H-pyrrole nitrogens is 1. The molecule has 0 saturated carbocycles. The number of nitrogens with one attached hydrogen (secondary N) is 4. The van der Waals surface area contributed by atoms with Gasteiger partial charge in [0, 0.05) is 42.2 Å². The highest BCUT2D eigenvalue weighted by molar-refractivity contribution is 6.01. The largest absolute Gasteiger partial charge is 0.457 e. The second kappa shape index (κ2) is 9.00. The maximum absolute atomic E-state index is 12.5. The van der Waals surface area contributed by atoms with E-state index in [1.165, 1.54) is 25.4 Å². The van der Waals surface area contributed by atoms with Crippen LogP contribution in [-0.2, 0) is 0 Å². The smallest absolute Gasteiger partial charge is 0.269 e. The lowest BCUT2D eigenvalue weighted by molar-refractivity contribution is 0.0846. The molecular formula is C23H19N5O4. The molecule has 4 aromatic rings. The number of carbonyl (C=O) groups is 3. The van der Waals surface area contributed by atoms with Gasteiger partial charge in [-0.3, -0.25) is 30.2 Å². The number of carbonyl (C=O) groups excluding carboxylic acids is 3. The van der Waals surface area contributed by atoms with Crippen molar-refractivity contribution < 1.29 is 19.1 Å². The highest BCUT2D eigenvalue weighted by atomic mass is 16.5. The van der Waals surface area contributed by atoms with Crippen LogP contribution in [0.2, 0.25) is 0 Å². The molecule has 2 aromatic heterocycles. The molecule has 0 aliphatic carbocycles. The van der Waals surface area contributed by atoms with E-state index in [0.717, 1.165) is 10.9 Å². The summed E-state index contributed by atoms with van der Waals surface area (Å²) in [6, 6.07) is 16.6. The van der Waals surface area contributed by atoms with Gasteiger partial charge in [-0.2, -0.15) is 0 Å². The average molecular weight is 429 g/mol. The molecule has 32 heavy (non-hydrogen) atoms. The summed E-state index contributed by atoms with van der Waals surface area (Å²) in [5.41, 5.74) is 6.51. The van der Waals surface area contributed by atoms with Crippen molar-refractivity contribution in [2.75, 3.05) is 7.05 Å². The summed E-state index contributed by atoms with van der Waals surface area (Å²) in [7, 11) is 1.51. The molecule has 0 spiro atoms. The van der Waals surface area contributed by atoms with Gasteiger partial charge in [0.15, 0.2) is 0 Å². The number of rotatable bonds is 5. The van der Waals surface area contributed by atoms with E-state index in [0.29, 0.717) is 17.1 Å². The third-order valence-corrected chi connectivity index (χ3v) is 4.63. The van der Waals surface area contributed by atoms with E-state index in [2.05, 4.69) is 26.1 Å². The van der Waals surface area contributed by atoms with Gasteiger partial charge in [-0.1, -0.05) is 12.1 Å². The summed E-state index contributed by atoms with van der Waals surface area (Å²) >= 11 is 0. The lowest BCUT2D eigenvalue weighted by atomic mass is 10.1. The quantitative estimate of drug-likeness (QED) is 0.363. The molecule has 4 N–H and O–H groups in total. The Morgan fingerprint density at radius 3 is 2.38 bits per heavy atom. The molecule has 9 nitrogen and oxygen atoms in total. The van der Waals surface area contributed by atoms with Gasteiger partial charge < -0.3 is 15.0 Å². The van der Waals surface area contributed by atoms with Gasteiger partial charge >= 0.3 is 0 Å². The topological polar surface area (TPSA) is 125 Å². The highest BCUT2D eigenvalue weighted by Crippen LogP contribution is 2.22. The molecule has 0 saturated heterocycles. The Morgan fingerprint density at radius 1 is 0.844 bits per heavy atom. The molecule has 0 radical (unpaired) electrons. The Labute approximate surface area is 182 Å². The van der Waals surface area contributed by atoms with Crippen molar-refractivity contribution in [2.24, 2.45) is 0 Å². The number of amides is 3. The zero-order valence-corrected chi connectivity index (χ0v) is 17.0. The van der Waals surface area contributed by atoms with E-state index in [1.54, 1.807) is 42.6 Å². The van der Waals surface area contributed by atoms with Crippen LogP contribution in [0.15, 0.2) is 73.1 Å². The van der Waals surface area contributed by atoms with Crippen LogP contribution in [0.5, 0.6) is 11.5 Å².